The van der Waals surface area contributed by atoms with Gasteiger partial charge < -0.3 is 15.1 Å². The van der Waals surface area contributed by atoms with E-state index >= 15 is 0 Å². The van der Waals surface area contributed by atoms with E-state index in [0.717, 1.165) is 11.8 Å². The largest absolute Gasteiger partial charge is 0.464 e. The zero-order chi connectivity index (χ0) is 14.9. The van der Waals surface area contributed by atoms with Gasteiger partial charge in [0.25, 0.3) is 0 Å². The van der Waals surface area contributed by atoms with Crippen LogP contribution in [-0.4, -0.2) is 17.0 Å². The van der Waals surface area contributed by atoms with Gasteiger partial charge in [0, 0.05) is 13.1 Å². The summed E-state index contributed by atoms with van der Waals surface area (Å²) in [7, 11) is 1.60. The van der Waals surface area contributed by atoms with Gasteiger partial charge in [0.2, 0.25) is 5.95 Å². The maximum absolute atomic E-state index is 12.7. The number of rotatable bonds is 3. The van der Waals surface area contributed by atoms with Crippen LogP contribution < -0.4 is 10.6 Å². The smallest absolute Gasteiger partial charge is 0.433 e. The summed E-state index contributed by atoms with van der Waals surface area (Å²) in [5.41, 5.74) is 4.25. The Kier molecular flexibility index (Phi) is 3.56. The van der Waals surface area contributed by atoms with Crippen molar-refractivity contribution in [1.82, 2.24) is 9.97 Å². The van der Waals surface area contributed by atoms with Gasteiger partial charge in [-0.05, 0) is 19.1 Å². The second kappa shape index (κ2) is 5.03. The predicted octanol–water partition coefficient (Wildman–Crippen LogP) is 2.62. The highest BCUT2D eigenvalue weighted by Gasteiger charge is 2.33. The number of furan rings is 1. The van der Waals surface area contributed by atoms with Gasteiger partial charge in [-0.15, -0.1) is 0 Å². The number of hydrogen-bond donors (Lipinski definition) is 1. The van der Waals surface area contributed by atoms with E-state index in [2.05, 4.69) is 9.97 Å². The topological polar surface area (TPSA) is 68.2 Å². The first-order valence-electron chi connectivity index (χ1n) is 5.74. The van der Waals surface area contributed by atoms with Crippen molar-refractivity contribution in [2.45, 2.75) is 19.6 Å². The highest BCUT2D eigenvalue weighted by atomic mass is 19.4. The second-order valence-electron chi connectivity index (χ2n) is 4.34. The third-order valence-corrected chi connectivity index (χ3v) is 2.60. The number of alkyl halides is 3. The fourth-order valence-corrected chi connectivity index (χ4v) is 1.68. The molecule has 0 unspecified atom stereocenters. The molecular weight excluding hydrogens is 273 g/mol. The maximum atomic E-state index is 12.7. The van der Waals surface area contributed by atoms with Crippen molar-refractivity contribution < 1.29 is 17.6 Å². The first kappa shape index (κ1) is 14.2. The monoisotopic (exact) mass is 286 g/mol. The molecule has 20 heavy (non-hydrogen) atoms. The summed E-state index contributed by atoms with van der Waals surface area (Å²) < 4.78 is 43.3. The summed E-state index contributed by atoms with van der Waals surface area (Å²) in [5, 5.41) is 0. The molecular formula is C12H13F3N4O. The molecule has 0 radical (unpaired) electrons. The van der Waals surface area contributed by atoms with Crippen LogP contribution in [0.5, 0.6) is 0 Å². The number of halogens is 3. The Morgan fingerprint density at radius 1 is 1.30 bits per heavy atom. The van der Waals surface area contributed by atoms with Gasteiger partial charge >= 0.3 is 6.18 Å². The van der Waals surface area contributed by atoms with E-state index in [1.54, 1.807) is 26.1 Å². The molecule has 0 atom stereocenters. The van der Waals surface area contributed by atoms with Crippen molar-refractivity contribution in [2.75, 3.05) is 17.7 Å². The van der Waals surface area contributed by atoms with E-state index in [9.17, 15) is 13.2 Å². The number of nitrogen functional groups attached to an aromatic ring is 1. The summed E-state index contributed by atoms with van der Waals surface area (Å²) in [5.74, 6) is 1.01. The molecule has 0 aliphatic rings. The normalized spacial score (nSPS) is 11.7. The molecule has 0 aromatic carbocycles. The predicted molar refractivity (Wildman–Crippen MR) is 67.0 cm³/mol. The average molecular weight is 286 g/mol. The summed E-state index contributed by atoms with van der Waals surface area (Å²) in [6.07, 6.45) is -4.56. The van der Waals surface area contributed by atoms with E-state index in [1.165, 1.54) is 4.90 Å². The fraction of sp³-hybridized carbons (Fsp3) is 0.333. The van der Waals surface area contributed by atoms with Crippen LogP contribution in [-0.2, 0) is 12.7 Å². The molecule has 0 spiro atoms. The van der Waals surface area contributed by atoms with Crippen molar-refractivity contribution in [2.24, 2.45) is 0 Å². The van der Waals surface area contributed by atoms with Gasteiger partial charge in [-0.2, -0.15) is 18.2 Å². The minimum atomic E-state index is -4.56. The minimum absolute atomic E-state index is 0.0823. The Hall–Kier alpha value is -2.25. The maximum Gasteiger partial charge on any atom is 0.433 e. The van der Waals surface area contributed by atoms with Crippen LogP contribution in [0, 0.1) is 6.92 Å². The molecule has 2 aromatic heterocycles. The molecule has 2 rings (SSSR count). The van der Waals surface area contributed by atoms with Gasteiger partial charge in [-0.1, -0.05) is 0 Å². The second-order valence-corrected chi connectivity index (χ2v) is 4.34. The summed E-state index contributed by atoms with van der Waals surface area (Å²) in [4.78, 5) is 8.50. The number of nitrogens with two attached hydrogens (primary N) is 1. The molecule has 2 heterocycles. The quantitative estimate of drug-likeness (QED) is 0.939. The standard InChI is InChI=1S/C12H13F3N4O/c1-7-3-4-8(20-7)6-19(2)10-5-9(12(13,14)15)17-11(16)18-10/h3-5H,6H2,1-2H3,(H2,16,17,18). The van der Waals surface area contributed by atoms with Crippen LogP contribution in [0.15, 0.2) is 22.6 Å². The van der Waals surface area contributed by atoms with Crippen molar-refractivity contribution >= 4 is 11.8 Å². The molecule has 0 saturated carbocycles. The number of aromatic nitrogens is 2. The van der Waals surface area contributed by atoms with Crippen molar-refractivity contribution in [3.8, 4) is 0 Å². The Morgan fingerprint density at radius 3 is 2.55 bits per heavy atom. The van der Waals surface area contributed by atoms with Crippen LogP contribution in [0.25, 0.3) is 0 Å². The van der Waals surface area contributed by atoms with Crippen molar-refractivity contribution in [3.05, 3.63) is 35.4 Å². The molecule has 0 aliphatic carbocycles. The summed E-state index contributed by atoms with van der Waals surface area (Å²) in [6, 6.07) is 4.38. The molecule has 5 nitrogen and oxygen atoms in total. The lowest BCUT2D eigenvalue weighted by molar-refractivity contribution is -0.141. The zero-order valence-electron chi connectivity index (χ0n) is 10.9. The first-order chi connectivity index (χ1) is 9.25. The van der Waals surface area contributed by atoms with Gasteiger partial charge in [0.05, 0.1) is 6.54 Å². The number of nitrogens with zero attached hydrogens (tertiary/aromatic N) is 3. The number of hydrogen-bond acceptors (Lipinski definition) is 5. The average Bonchev–Trinajstić information content (AvgIpc) is 2.72. The van der Waals surface area contributed by atoms with Gasteiger partial charge in [0.1, 0.15) is 17.3 Å². The van der Waals surface area contributed by atoms with Crippen LogP contribution in [0.2, 0.25) is 0 Å². The SMILES string of the molecule is Cc1ccc(CN(C)c2cc(C(F)(F)F)nc(N)n2)o1. The minimum Gasteiger partial charge on any atom is -0.464 e. The van der Waals surface area contributed by atoms with Gasteiger partial charge in [0.15, 0.2) is 5.69 Å². The molecule has 0 bridgehead atoms. The van der Waals surface area contributed by atoms with E-state index in [0.29, 0.717) is 5.76 Å². The lowest BCUT2D eigenvalue weighted by atomic mass is 10.3. The lowest BCUT2D eigenvalue weighted by Gasteiger charge is -2.18. The summed E-state index contributed by atoms with van der Waals surface area (Å²) in [6.45, 7) is 2.07. The molecule has 0 amide bonds. The Labute approximate surface area is 113 Å². The van der Waals surface area contributed by atoms with Crippen LogP contribution >= 0.6 is 0 Å². The Bertz CT molecular complexity index is 609. The molecule has 0 aliphatic heterocycles. The van der Waals surface area contributed by atoms with E-state index in [-0.39, 0.29) is 12.4 Å². The molecule has 0 saturated heterocycles. The van der Waals surface area contributed by atoms with Crippen LogP contribution in [0.3, 0.4) is 0 Å². The van der Waals surface area contributed by atoms with Crippen LogP contribution in [0.4, 0.5) is 24.9 Å². The lowest BCUT2D eigenvalue weighted by Crippen LogP contribution is -2.20. The van der Waals surface area contributed by atoms with Crippen molar-refractivity contribution in [3.63, 3.8) is 0 Å². The highest BCUT2D eigenvalue weighted by Crippen LogP contribution is 2.30. The Balaban J connectivity index is 2.25. The third-order valence-electron chi connectivity index (χ3n) is 2.60. The first-order valence-corrected chi connectivity index (χ1v) is 5.74. The molecule has 8 heteroatoms. The van der Waals surface area contributed by atoms with E-state index in [1.807, 2.05) is 0 Å². The van der Waals surface area contributed by atoms with E-state index in [4.69, 9.17) is 10.2 Å². The number of aryl methyl sites for hydroxylation is 1. The third kappa shape index (κ3) is 3.19. The van der Waals surface area contributed by atoms with Gasteiger partial charge in [-0.3, -0.25) is 0 Å². The highest BCUT2D eigenvalue weighted by molar-refractivity contribution is 5.43. The van der Waals surface area contributed by atoms with Gasteiger partial charge in [-0.25, -0.2) is 4.98 Å². The zero-order valence-corrected chi connectivity index (χ0v) is 10.9. The van der Waals surface area contributed by atoms with Crippen LogP contribution in [0.1, 0.15) is 17.2 Å². The fourth-order valence-electron chi connectivity index (χ4n) is 1.68. The molecule has 2 aromatic rings. The molecule has 2 N–H and O–H groups in total. The van der Waals surface area contributed by atoms with E-state index < -0.39 is 17.8 Å². The van der Waals surface area contributed by atoms with Crippen molar-refractivity contribution in [1.29, 1.82) is 0 Å². The molecule has 108 valence electrons. The summed E-state index contributed by atoms with van der Waals surface area (Å²) >= 11 is 0. The molecule has 0 fully saturated rings. The number of anilines is 2. The Morgan fingerprint density at radius 2 is 2.00 bits per heavy atom.